The molecule has 0 aliphatic rings. The lowest BCUT2D eigenvalue weighted by molar-refractivity contribution is 1.34. The lowest BCUT2D eigenvalue weighted by atomic mass is 10.2. The molecule has 2 aromatic rings. The number of anilines is 1. The highest BCUT2D eigenvalue weighted by Crippen LogP contribution is 2.29. The fourth-order valence-electron chi connectivity index (χ4n) is 1.59. The number of rotatable bonds is 4. The second kappa shape index (κ2) is 6.48. The van der Waals surface area contributed by atoms with Gasteiger partial charge in [-0.2, -0.15) is 0 Å². The van der Waals surface area contributed by atoms with Gasteiger partial charge in [-0.3, -0.25) is 0 Å². The van der Waals surface area contributed by atoms with E-state index in [2.05, 4.69) is 23.5 Å². The van der Waals surface area contributed by atoms with Crippen LogP contribution in [0.1, 0.15) is 5.56 Å². The molecule has 0 radical (unpaired) electrons. The third-order valence-electron chi connectivity index (χ3n) is 2.47. The van der Waals surface area contributed by atoms with Crippen LogP contribution in [-0.2, 0) is 0 Å². The Morgan fingerprint density at radius 2 is 1.56 bits per heavy atom. The summed E-state index contributed by atoms with van der Waals surface area (Å²) in [5, 5.41) is 4.47. The summed E-state index contributed by atoms with van der Waals surface area (Å²) in [7, 11) is 0. The lowest BCUT2D eigenvalue weighted by Crippen LogP contribution is -1.99. The molecule has 3 heteroatoms. The summed E-state index contributed by atoms with van der Waals surface area (Å²) in [6.45, 7) is 0.679. The zero-order valence-corrected chi connectivity index (χ0v) is 11.2. The largest absolute Gasteiger partial charge is 0.379 e. The van der Waals surface area contributed by atoms with E-state index in [0.717, 1.165) is 5.69 Å². The molecule has 0 aliphatic carbocycles. The normalized spacial score (nSPS) is 10.8. The van der Waals surface area contributed by atoms with Crippen molar-refractivity contribution in [2.24, 2.45) is 0 Å². The average molecular weight is 278 g/mol. The van der Waals surface area contributed by atoms with Crippen LogP contribution in [0.4, 0.5) is 5.69 Å². The van der Waals surface area contributed by atoms with Crippen LogP contribution in [0.5, 0.6) is 0 Å². The van der Waals surface area contributed by atoms with Crippen LogP contribution < -0.4 is 5.32 Å². The van der Waals surface area contributed by atoms with Crippen molar-refractivity contribution in [1.82, 2.24) is 0 Å². The molecule has 1 N–H and O–H groups in total. The second-order valence-electron chi connectivity index (χ2n) is 3.79. The Hall–Kier alpha value is -1.44. The van der Waals surface area contributed by atoms with Crippen molar-refractivity contribution < 1.29 is 0 Å². The van der Waals surface area contributed by atoms with E-state index >= 15 is 0 Å². The predicted molar refractivity (Wildman–Crippen MR) is 80.4 cm³/mol. The van der Waals surface area contributed by atoms with Gasteiger partial charge < -0.3 is 5.32 Å². The number of hydrogen-bond donors (Lipinski definition) is 1. The monoisotopic (exact) mass is 277 g/mol. The van der Waals surface area contributed by atoms with Gasteiger partial charge in [0.05, 0.1) is 15.7 Å². The number of benzene rings is 2. The SMILES string of the molecule is Clc1cccc(Cl)c1NCC=Cc1ccccc1. The first kappa shape index (κ1) is 13.0. The molecule has 2 aromatic carbocycles. The summed E-state index contributed by atoms with van der Waals surface area (Å²) in [6.07, 6.45) is 4.09. The van der Waals surface area contributed by atoms with E-state index in [0.29, 0.717) is 16.6 Å². The summed E-state index contributed by atoms with van der Waals surface area (Å²) >= 11 is 12.1. The Balaban J connectivity index is 1.95. The first-order valence-electron chi connectivity index (χ1n) is 5.67. The van der Waals surface area contributed by atoms with Gasteiger partial charge in [-0.15, -0.1) is 0 Å². The molecule has 0 amide bonds. The molecule has 0 unspecified atom stereocenters. The van der Waals surface area contributed by atoms with E-state index in [9.17, 15) is 0 Å². The summed E-state index contributed by atoms with van der Waals surface area (Å²) in [6, 6.07) is 15.6. The van der Waals surface area contributed by atoms with Gasteiger partial charge >= 0.3 is 0 Å². The molecule has 0 aliphatic heterocycles. The average Bonchev–Trinajstić information content (AvgIpc) is 2.38. The van der Waals surface area contributed by atoms with Crippen molar-refractivity contribution in [2.45, 2.75) is 0 Å². The summed E-state index contributed by atoms with van der Waals surface area (Å²) < 4.78 is 0. The molecule has 0 atom stereocenters. The standard InChI is InChI=1S/C15H13Cl2N/c16-13-9-4-10-14(17)15(13)18-11-5-8-12-6-2-1-3-7-12/h1-10,18H,11H2. The molecule has 18 heavy (non-hydrogen) atoms. The van der Waals surface area contributed by atoms with Crippen LogP contribution in [0.2, 0.25) is 10.0 Å². The Morgan fingerprint density at radius 1 is 0.889 bits per heavy atom. The first-order valence-corrected chi connectivity index (χ1v) is 6.42. The third-order valence-corrected chi connectivity index (χ3v) is 3.10. The zero-order valence-electron chi connectivity index (χ0n) is 9.74. The molecule has 92 valence electrons. The molecular formula is C15H13Cl2N. The van der Waals surface area contributed by atoms with Gasteiger partial charge in [0.1, 0.15) is 0 Å². The molecular weight excluding hydrogens is 265 g/mol. The first-order chi connectivity index (χ1) is 8.77. The summed E-state index contributed by atoms with van der Waals surface area (Å²) in [5.74, 6) is 0. The van der Waals surface area contributed by atoms with Gasteiger partial charge in [-0.25, -0.2) is 0 Å². The Bertz CT molecular complexity index is 515. The lowest BCUT2D eigenvalue weighted by Gasteiger charge is -2.07. The van der Waals surface area contributed by atoms with Crippen molar-refractivity contribution >= 4 is 35.0 Å². The Morgan fingerprint density at radius 3 is 2.22 bits per heavy atom. The molecule has 0 fully saturated rings. The number of hydrogen-bond acceptors (Lipinski definition) is 1. The second-order valence-corrected chi connectivity index (χ2v) is 4.61. The number of halogens is 2. The van der Waals surface area contributed by atoms with E-state index in [4.69, 9.17) is 23.2 Å². The van der Waals surface area contributed by atoms with Crippen LogP contribution in [0.3, 0.4) is 0 Å². The maximum Gasteiger partial charge on any atom is 0.0721 e. The highest BCUT2D eigenvalue weighted by atomic mass is 35.5. The van der Waals surface area contributed by atoms with Crippen LogP contribution in [0, 0.1) is 0 Å². The highest BCUT2D eigenvalue weighted by Gasteiger charge is 2.02. The fraction of sp³-hybridized carbons (Fsp3) is 0.0667. The summed E-state index contributed by atoms with van der Waals surface area (Å²) in [4.78, 5) is 0. The fourth-order valence-corrected chi connectivity index (χ4v) is 2.12. The smallest absolute Gasteiger partial charge is 0.0721 e. The third kappa shape index (κ3) is 3.52. The van der Waals surface area contributed by atoms with Gasteiger partial charge in [0.15, 0.2) is 0 Å². The van der Waals surface area contributed by atoms with Crippen LogP contribution in [-0.4, -0.2) is 6.54 Å². The topological polar surface area (TPSA) is 12.0 Å². The zero-order chi connectivity index (χ0) is 12.8. The molecule has 0 heterocycles. The number of nitrogens with one attached hydrogen (secondary N) is 1. The molecule has 0 saturated heterocycles. The van der Waals surface area contributed by atoms with E-state index < -0.39 is 0 Å². The van der Waals surface area contributed by atoms with E-state index in [1.54, 1.807) is 0 Å². The molecule has 0 aromatic heterocycles. The van der Waals surface area contributed by atoms with Crippen molar-refractivity contribution in [1.29, 1.82) is 0 Å². The van der Waals surface area contributed by atoms with Gasteiger partial charge in [-0.1, -0.05) is 71.8 Å². The highest BCUT2D eigenvalue weighted by molar-refractivity contribution is 6.39. The predicted octanol–water partition coefficient (Wildman–Crippen LogP) is 5.12. The van der Waals surface area contributed by atoms with Gasteiger partial charge in [0.2, 0.25) is 0 Å². The minimum atomic E-state index is 0.635. The van der Waals surface area contributed by atoms with E-state index in [-0.39, 0.29) is 0 Å². The maximum absolute atomic E-state index is 6.05. The Labute approximate surface area is 117 Å². The molecule has 0 saturated carbocycles. The minimum absolute atomic E-state index is 0.635. The van der Waals surface area contributed by atoms with Crippen LogP contribution >= 0.6 is 23.2 Å². The minimum Gasteiger partial charge on any atom is -0.379 e. The van der Waals surface area contributed by atoms with E-state index in [1.165, 1.54) is 5.56 Å². The summed E-state index contributed by atoms with van der Waals surface area (Å²) in [5.41, 5.74) is 1.95. The van der Waals surface area contributed by atoms with Crippen molar-refractivity contribution in [2.75, 3.05) is 11.9 Å². The maximum atomic E-state index is 6.05. The quantitative estimate of drug-likeness (QED) is 0.818. The van der Waals surface area contributed by atoms with Gasteiger partial charge in [-0.05, 0) is 17.7 Å². The molecule has 0 spiro atoms. The molecule has 2 rings (SSSR count). The Kier molecular flexibility index (Phi) is 4.68. The van der Waals surface area contributed by atoms with Crippen molar-refractivity contribution in [3.05, 3.63) is 70.2 Å². The van der Waals surface area contributed by atoms with Gasteiger partial charge in [0, 0.05) is 6.54 Å². The van der Waals surface area contributed by atoms with E-state index in [1.807, 2.05) is 42.5 Å². The van der Waals surface area contributed by atoms with Crippen LogP contribution in [0.25, 0.3) is 6.08 Å². The number of para-hydroxylation sites is 1. The molecule has 1 nitrogen and oxygen atoms in total. The van der Waals surface area contributed by atoms with Crippen molar-refractivity contribution in [3.63, 3.8) is 0 Å². The van der Waals surface area contributed by atoms with Crippen molar-refractivity contribution in [3.8, 4) is 0 Å². The van der Waals surface area contributed by atoms with Crippen LogP contribution in [0.15, 0.2) is 54.6 Å². The van der Waals surface area contributed by atoms with Gasteiger partial charge in [0.25, 0.3) is 0 Å². The molecule has 0 bridgehead atoms.